The zero-order valence-electron chi connectivity index (χ0n) is 10.7. The molecule has 0 aromatic rings. The third-order valence-electron chi connectivity index (χ3n) is 4.43. The number of hydrogen-bond acceptors (Lipinski definition) is 2. The predicted octanol–water partition coefficient (Wildman–Crippen LogP) is 3.70. The minimum Gasteiger partial charge on any atom is -0.372 e. The van der Waals surface area contributed by atoms with E-state index in [2.05, 4.69) is 0 Å². The fourth-order valence-corrected chi connectivity index (χ4v) is 3.65. The highest BCUT2D eigenvalue weighted by molar-refractivity contribution is 6.18. The molecule has 0 aromatic heterocycles. The Morgan fingerprint density at radius 1 is 1.41 bits per heavy atom. The van der Waals surface area contributed by atoms with Crippen LogP contribution in [0.25, 0.3) is 0 Å². The van der Waals surface area contributed by atoms with Crippen molar-refractivity contribution in [1.29, 1.82) is 0 Å². The van der Waals surface area contributed by atoms with Crippen LogP contribution in [0.4, 0.5) is 0 Å². The summed E-state index contributed by atoms with van der Waals surface area (Å²) in [5.41, 5.74) is 0.187. The molecule has 1 heterocycles. The Morgan fingerprint density at radius 3 is 2.71 bits per heavy atom. The topological polar surface area (TPSA) is 26.3 Å². The van der Waals surface area contributed by atoms with Gasteiger partial charge in [0.15, 0.2) is 0 Å². The number of hydrogen-bond donors (Lipinski definition) is 0. The average Bonchev–Trinajstić information content (AvgIpc) is 2.89. The number of carbonyl (C=O) groups is 1. The summed E-state index contributed by atoms with van der Waals surface area (Å²) in [5, 5.41) is 0. The predicted molar refractivity (Wildman–Crippen MR) is 69.4 cm³/mol. The highest BCUT2D eigenvalue weighted by atomic mass is 35.5. The maximum Gasteiger partial charge on any atom is 0.133 e. The molecule has 17 heavy (non-hydrogen) atoms. The molecule has 0 amide bonds. The number of carbonyl (C=O) groups excluding carboxylic acids is 1. The molecule has 1 aliphatic heterocycles. The van der Waals surface area contributed by atoms with E-state index < -0.39 is 0 Å². The number of alkyl halides is 1. The monoisotopic (exact) mass is 258 g/mol. The van der Waals surface area contributed by atoms with Crippen LogP contribution in [0.2, 0.25) is 0 Å². The van der Waals surface area contributed by atoms with Crippen molar-refractivity contribution in [3.05, 3.63) is 0 Å². The Hall–Kier alpha value is -0.0800. The van der Waals surface area contributed by atoms with Gasteiger partial charge >= 0.3 is 0 Å². The molecule has 2 unspecified atom stereocenters. The molecule has 2 fully saturated rings. The molecule has 1 saturated carbocycles. The lowest BCUT2D eigenvalue weighted by Crippen LogP contribution is -2.26. The van der Waals surface area contributed by atoms with Crippen LogP contribution in [0, 0.1) is 5.92 Å². The van der Waals surface area contributed by atoms with E-state index in [0.29, 0.717) is 12.0 Å². The Labute approximate surface area is 109 Å². The Kier molecular flexibility index (Phi) is 4.48. The summed E-state index contributed by atoms with van der Waals surface area (Å²) in [6, 6.07) is 0. The van der Waals surface area contributed by atoms with E-state index in [9.17, 15) is 4.79 Å². The van der Waals surface area contributed by atoms with Crippen LogP contribution in [0.15, 0.2) is 0 Å². The van der Waals surface area contributed by atoms with E-state index in [1.165, 1.54) is 32.1 Å². The first-order valence-corrected chi connectivity index (χ1v) is 7.43. The summed E-state index contributed by atoms with van der Waals surface area (Å²) in [4.78, 5) is 11.5. The van der Waals surface area contributed by atoms with Crippen molar-refractivity contribution in [1.82, 2.24) is 0 Å². The van der Waals surface area contributed by atoms with E-state index in [-0.39, 0.29) is 17.3 Å². The summed E-state index contributed by atoms with van der Waals surface area (Å²) in [5.74, 6) is 0.943. The molecular formula is C14H23ClO2. The first-order valence-electron chi connectivity index (χ1n) is 6.89. The van der Waals surface area contributed by atoms with Gasteiger partial charge in [-0.05, 0) is 45.4 Å². The van der Waals surface area contributed by atoms with Crippen molar-refractivity contribution in [2.24, 2.45) is 5.92 Å². The second kappa shape index (κ2) is 5.71. The van der Waals surface area contributed by atoms with Crippen LogP contribution >= 0.6 is 11.6 Å². The van der Waals surface area contributed by atoms with Crippen LogP contribution in [-0.4, -0.2) is 23.4 Å². The lowest BCUT2D eigenvalue weighted by molar-refractivity contribution is -0.122. The van der Waals surface area contributed by atoms with Gasteiger partial charge in [-0.2, -0.15) is 0 Å². The van der Waals surface area contributed by atoms with Crippen molar-refractivity contribution < 1.29 is 9.53 Å². The van der Waals surface area contributed by atoms with Crippen molar-refractivity contribution in [3.8, 4) is 0 Å². The van der Waals surface area contributed by atoms with Crippen LogP contribution in [0.5, 0.6) is 0 Å². The van der Waals surface area contributed by atoms with Crippen LogP contribution in [0.3, 0.4) is 0 Å². The fraction of sp³-hybridized carbons (Fsp3) is 0.929. The maximum atomic E-state index is 11.5. The smallest absolute Gasteiger partial charge is 0.133 e. The molecular weight excluding hydrogens is 236 g/mol. The number of ketones is 1. The van der Waals surface area contributed by atoms with E-state index in [0.717, 1.165) is 19.3 Å². The summed E-state index contributed by atoms with van der Waals surface area (Å²) in [6.45, 7) is 1.68. The Balaban J connectivity index is 1.85. The molecule has 2 atom stereocenters. The van der Waals surface area contributed by atoms with Gasteiger partial charge in [-0.3, -0.25) is 4.79 Å². The molecule has 0 bridgehead atoms. The summed E-state index contributed by atoms with van der Waals surface area (Å²) < 4.78 is 6.24. The van der Waals surface area contributed by atoms with E-state index in [4.69, 9.17) is 16.3 Å². The van der Waals surface area contributed by atoms with Gasteiger partial charge in [0.25, 0.3) is 0 Å². The van der Waals surface area contributed by atoms with Gasteiger partial charge in [0.05, 0.1) is 11.7 Å². The first-order chi connectivity index (χ1) is 8.15. The molecule has 2 rings (SSSR count). The van der Waals surface area contributed by atoms with Gasteiger partial charge in [-0.1, -0.05) is 12.8 Å². The Bertz CT molecular complexity index is 271. The molecule has 1 saturated heterocycles. The molecule has 3 heteroatoms. The third-order valence-corrected chi connectivity index (χ3v) is 4.65. The molecule has 0 N–H and O–H groups in total. The second-order valence-electron chi connectivity index (χ2n) is 5.69. The van der Waals surface area contributed by atoms with Gasteiger partial charge in [0.1, 0.15) is 5.78 Å². The summed E-state index contributed by atoms with van der Waals surface area (Å²) >= 11 is 5.75. The van der Waals surface area contributed by atoms with Crippen molar-refractivity contribution in [2.45, 2.75) is 70.0 Å². The number of halogens is 1. The molecule has 2 aliphatic rings. The summed E-state index contributed by atoms with van der Waals surface area (Å²) in [6.07, 6.45) is 9.37. The molecule has 1 spiro atoms. The van der Waals surface area contributed by atoms with Gasteiger partial charge < -0.3 is 4.74 Å². The summed E-state index contributed by atoms with van der Waals surface area (Å²) in [7, 11) is 0. The van der Waals surface area contributed by atoms with Crippen LogP contribution < -0.4 is 0 Å². The SMILES string of the molecule is CC(=O)C(CCCl)CC1CCC2(CCCC2)O1. The molecule has 98 valence electrons. The van der Waals surface area contributed by atoms with Gasteiger partial charge in [-0.25, -0.2) is 0 Å². The van der Waals surface area contributed by atoms with E-state index >= 15 is 0 Å². The lowest BCUT2D eigenvalue weighted by atomic mass is 9.93. The van der Waals surface area contributed by atoms with Crippen LogP contribution in [-0.2, 0) is 9.53 Å². The highest BCUT2D eigenvalue weighted by Crippen LogP contribution is 2.44. The van der Waals surface area contributed by atoms with Crippen molar-refractivity contribution >= 4 is 17.4 Å². The maximum absolute atomic E-state index is 11.5. The zero-order valence-corrected chi connectivity index (χ0v) is 11.5. The minimum atomic E-state index is 0.106. The van der Waals surface area contributed by atoms with Crippen molar-refractivity contribution in [2.75, 3.05) is 5.88 Å². The quantitative estimate of drug-likeness (QED) is 0.703. The van der Waals surface area contributed by atoms with Gasteiger partial charge in [0.2, 0.25) is 0 Å². The fourth-order valence-electron chi connectivity index (χ4n) is 3.38. The largest absolute Gasteiger partial charge is 0.372 e. The minimum absolute atomic E-state index is 0.106. The molecule has 2 nitrogen and oxygen atoms in total. The number of ether oxygens (including phenoxy) is 1. The number of Topliss-reactive ketones (excluding diaryl/α,β-unsaturated/α-hetero) is 1. The standard InChI is InChI=1S/C14H23ClO2/c1-11(16)12(5-9-15)10-13-4-8-14(17-13)6-2-3-7-14/h12-13H,2-10H2,1H3. The Morgan fingerprint density at radius 2 is 2.12 bits per heavy atom. The molecule has 1 aliphatic carbocycles. The first kappa shape index (κ1) is 13.4. The normalized spacial score (nSPS) is 28.7. The second-order valence-corrected chi connectivity index (χ2v) is 6.07. The van der Waals surface area contributed by atoms with E-state index in [1.807, 2.05) is 0 Å². The average molecular weight is 259 g/mol. The molecule has 0 radical (unpaired) electrons. The number of rotatable bonds is 5. The lowest BCUT2D eigenvalue weighted by Gasteiger charge is -2.25. The zero-order chi connectivity index (χ0) is 12.3. The van der Waals surface area contributed by atoms with Crippen LogP contribution in [0.1, 0.15) is 58.3 Å². The van der Waals surface area contributed by atoms with Gasteiger partial charge in [-0.15, -0.1) is 11.6 Å². The highest BCUT2D eigenvalue weighted by Gasteiger charge is 2.42. The third kappa shape index (κ3) is 3.23. The molecule has 0 aromatic carbocycles. The van der Waals surface area contributed by atoms with Gasteiger partial charge in [0, 0.05) is 11.8 Å². The van der Waals surface area contributed by atoms with Crippen molar-refractivity contribution in [3.63, 3.8) is 0 Å². The van der Waals surface area contributed by atoms with E-state index in [1.54, 1.807) is 6.92 Å².